The molecule has 1 atom stereocenters. The van der Waals surface area contributed by atoms with Crippen molar-refractivity contribution in [2.24, 2.45) is 4.99 Å². The third kappa shape index (κ3) is 5.81. The standard InChI is InChI=1S/C18H30N4O.HI/c1-4-19-18(22-12-10-16(23)14-22)20-11-13-21(5-2)17-9-7-6-8-15(17)3;/h6-9,16,23H,4-5,10-14H2,1-3H3,(H,19,20);1H/t16-;/m1./s1. The molecular formula is C18H31IN4O. The summed E-state index contributed by atoms with van der Waals surface area (Å²) in [5, 5.41) is 13.0. The molecule has 2 rings (SSSR count). The zero-order chi connectivity index (χ0) is 16.7. The van der Waals surface area contributed by atoms with Gasteiger partial charge in [-0.1, -0.05) is 18.2 Å². The maximum atomic E-state index is 9.71. The molecule has 5 nitrogen and oxygen atoms in total. The van der Waals surface area contributed by atoms with Crippen LogP contribution in [0.5, 0.6) is 0 Å². The van der Waals surface area contributed by atoms with Crippen molar-refractivity contribution < 1.29 is 5.11 Å². The van der Waals surface area contributed by atoms with Gasteiger partial charge in [0.2, 0.25) is 0 Å². The number of nitrogens with one attached hydrogen (secondary N) is 1. The number of aryl methyl sites for hydroxylation is 1. The largest absolute Gasteiger partial charge is 0.391 e. The van der Waals surface area contributed by atoms with Crippen LogP contribution in [0.25, 0.3) is 0 Å². The van der Waals surface area contributed by atoms with E-state index in [1.165, 1.54) is 11.3 Å². The first-order valence-corrected chi connectivity index (χ1v) is 8.67. The number of halogens is 1. The van der Waals surface area contributed by atoms with E-state index in [1.807, 2.05) is 0 Å². The number of rotatable bonds is 6. The first-order valence-electron chi connectivity index (χ1n) is 8.67. The van der Waals surface area contributed by atoms with Crippen LogP contribution >= 0.6 is 24.0 Å². The number of aliphatic hydroxyl groups excluding tert-OH is 1. The van der Waals surface area contributed by atoms with Gasteiger partial charge in [-0.2, -0.15) is 0 Å². The van der Waals surface area contributed by atoms with Gasteiger partial charge < -0.3 is 20.2 Å². The van der Waals surface area contributed by atoms with E-state index in [2.05, 4.69) is 60.2 Å². The Hall–Kier alpha value is -1.02. The number of hydrogen-bond donors (Lipinski definition) is 2. The van der Waals surface area contributed by atoms with E-state index < -0.39 is 0 Å². The number of likely N-dealkylation sites (tertiary alicyclic amines) is 1. The summed E-state index contributed by atoms with van der Waals surface area (Å²) in [7, 11) is 0. The van der Waals surface area contributed by atoms with Crippen LogP contribution in [0.3, 0.4) is 0 Å². The number of hydrogen-bond acceptors (Lipinski definition) is 3. The van der Waals surface area contributed by atoms with Gasteiger partial charge in [0, 0.05) is 38.4 Å². The van der Waals surface area contributed by atoms with E-state index in [0.29, 0.717) is 6.54 Å². The van der Waals surface area contributed by atoms with Crippen molar-refractivity contribution in [1.82, 2.24) is 10.2 Å². The van der Waals surface area contributed by atoms with Gasteiger partial charge in [-0.05, 0) is 38.8 Å². The molecule has 1 aromatic carbocycles. The molecule has 136 valence electrons. The van der Waals surface area contributed by atoms with Crippen LogP contribution in [0.15, 0.2) is 29.3 Å². The van der Waals surface area contributed by atoms with E-state index in [9.17, 15) is 5.11 Å². The molecule has 6 heteroatoms. The Kier molecular flexibility index (Phi) is 9.43. The predicted molar refractivity (Wildman–Crippen MR) is 113 cm³/mol. The lowest BCUT2D eigenvalue weighted by molar-refractivity contribution is 0.188. The van der Waals surface area contributed by atoms with Gasteiger partial charge in [0.1, 0.15) is 0 Å². The lowest BCUT2D eigenvalue weighted by Gasteiger charge is -2.25. The second-order valence-electron chi connectivity index (χ2n) is 5.99. The number of aliphatic imine (C=N–C) groups is 1. The lowest BCUT2D eigenvalue weighted by atomic mass is 10.2. The third-order valence-corrected chi connectivity index (χ3v) is 4.27. The van der Waals surface area contributed by atoms with E-state index in [0.717, 1.165) is 45.1 Å². The third-order valence-electron chi connectivity index (χ3n) is 4.27. The predicted octanol–water partition coefficient (Wildman–Crippen LogP) is 2.47. The van der Waals surface area contributed by atoms with Crippen LogP contribution in [-0.2, 0) is 0 Å². The Morgan fingerprint density at radius 1 is 1.38 bits per heavy atom. The molecule has 0 spiro atoms. The van der Waals surface area contributed by atoms with Gasteiger partial charge in [-0.15, -0.1) is 24.0 Å². The average molecular weight is 446 g/mol. The van der Waals surface area contributed by atoms with Gasteiger partial charge in [0.15, 0.2) is 5.96 Å². The first kappa shape index (κ1) is 21.0. The molecule has 2 N–H and O–H groups in total. The summed E-state index contributed by atoms with van der Waals surface area (Å²) in [5.41, 5.74) is 2.58. The van der Waals surface area contributed by atoms with Crippen LogP contribution in [0, 0.1) is 6.92 Å². The monoisotopic (exact) mass is 446 g/mol. The van der Waals surface area contributed by atoms with E-state index in [1.54, 1.807) is 0 Å². The highest BCUT2D eigenvalue weighted by Crippen LogP contribution is 2.18. The van der Waals surface area contributed by atoms with Crippen LogP contribution in [-0.4, -0.2) is 61.3 Å². The summed E-state index contributed by atoms with van der Waals surface area (Å²) in [6.07, 6.45) is 0.604. The van der Waals surface area contributed by atoms with Crippen LogP contribution in [0.2, 0.25) is 0 Å². The smallest absolute Gasteiger partial charge is 0.194 e. The second kappa shape index (κ2) is 10.8. The van der Waals surface area contributed by atoms with E-state index >= 15 is 0 Å². The molecule has 1 saturated heterocycles. The molecule has 0 bridgehead atoms. The lowest BCUT2D eigenvalue weighted by Crippen LogP contribution is -2.41. The number of para-hydroxylation sites is 1. The van der Waals surface area contributed by atoms with Crippen molar-refractivity contribution >= 4 is 35.6 Å². The number of nitrogens with zero attached hydrogens (tertiary/aromatic N) is 3. The topological polar surface area (TPSA) is 51.1 Å². The fourth-order valence-corrected chi connectivity index (χ4v) is 3.00. The van der Waals surface area contributed by atoms with Gasteiger partial charge in [0.25, 0.3) is 0 Å². The number of benzene rings is 1. The van der Waals surface area contributed by atoms with Gasteiger partial charge in [-0.25, -0.2) is 0 Å². The van der Waals surface area contributed by atoms with Gasteiger partial charge in [-0.3, -0.25) is 4.99 Å². The fraction of sp³-hybridized carbons (Fsp3) is 0.611. The molecule has 1 aliphatic rings. The minimum atomic E-state index is -0.224. The van der Waals surface area contributed by atoms with Crippen LogP contribution in [0.1, 0.15) is 25.8 Å². The Morgan fingerprint density at radius 3 is 2.71 bits per heavy atom. The molecule has 0 aliphatic carbocycles. The number of anilines is 1. The Labute approximate surface area is 163 Å². The summed E-state index contributed by atoms with van der Waals surface area (Å²) >= 11 is 0. The molecule has 0 unspecified atom stereocenters. The number of guanidine groups is 1. The molecule has 0 saturated carbocycles. The second-order valence-corrected chi connectivity index (χ2v) is 5.99. The molecule has 1 aromatic rings. The summed E-state index contributed by atoms with van der Waals surface area (Å²) in [4.78, 5) is 9.26. The quantitative estimate of drug-likeness (QED) is 0.401. The molecule has 1 heterocycles. The van der Waals surface area contributed by atoms with Crippen molar-refractivity contribution in [2.75, 3.05) is 44.2 Å². The molecule has 1 fully saturated rings. The Bertz CT molecular complexity index is 523. The van der Waals surface area contributed by atoms with E-state index in [4.69, 9.17) is 4.99 Å². The van der Waals surface area contributed by atoms with E-state index in [-0.39, 0.29) is 30.1 Å². The van der Waals surface area contributed by atoms with Crippen molar-refractivity contribution in [1.29, 1.82) is 0 Å². The summed E-state index contributed by atoms with van der Waals surface area (Å²) in [6.45, 7) is 11.4. The minimum absolute atomic E-state index is 0. The maximum absolute atomic E-state index is 9.71. The van der Waals surface area contributed by atoms with Gasteiger partial charge >= 0.3 is 0 Å². The zero-order valence-corrected chi connectivity index (χ0v) is 17.4. The molecule has 24 heavy (non-hydrogen) atoms. The number of aliphatic hydroxyl groups is 1. The maximum Gasteiger partial charge on any atom is 0.194 e. The molecule has 0 aromatic heterocycles. The van der Waals surface area contributed by atoms with Crippen molar-refractivity contribution in [3.05, 3.63) is 29.8 Å². The summed E-state index contributed by atoms with van der Waals surface area (Å²) < 4.78 is 0. The summed E-state index contributed by atoms with van der Waals surface area (Å²) in [5.74, 6) is 0.921. The number of β-amino-alcohol motifs (C(OH)–C–C–N with tert-alkyl or cyclic N) is 1. The average Bonchev–Trinajstić information content (AvgIpc) is 2.98. The molecule has 0 radical (unpaired) electrons. The zero-order valence-electron chi connectivity index (χ0n) is 15.0. The number of likely N-dealkylation sites (N-methyl/N-ethyl adjacent to an activating group) is 1. The van der Waals surface area contributed by atoms with Crippen LogP contribution < -0.4 is 10.2 Å². The van der Waals surface area contributed by atoms with Gasteiger partial charge in [0.05, 0.1) is 12.6 Å². The molecular weight excluding hydrogens is 415 g/mol. The Morgan fingerprint density at radius 2 is 2.12 bits per heavy atom. The normalized spacial score (nSPS) is 17.6. The van der Waals surface area contributed by atoms with Crippen molar-refractivity contribution in [3.63, 3.8) is 0 Å². The fourth-order valence-electron chi connectivity index (χ4n) is 3.00. The molecule has 1 aliphatic heterocycles. The van der Waals surface area contributed by atoms with Crippen molar-refractivity contribution in [2.45, 2.75) is 33.3 Å². The Balaban J connectivity index is 0.00000288. The highest BCUT2D eigenvalue weighted by atomic mass is 127. The molecule has 0 amide bonds. The first-order chi connectivity index (χ1) is 11.2. The highest BCUT2D eigenvalue weighted by Gasteiger charge is 2.22. The minimum Gasteiger partial charge on any atom is -0.391 e. The SMILES string of the molecule is CCNC(=NCCN(CC)c1ccccc1C)N1CC[C@@H](O)C1.I. The summed E-state index contributed by atoms with van der Waals surface area (Å²) in [6, 6.07) is 8.48. The van der Waals surface area contributed by atoms with Crippen molar-refractivity contribution in [3.8, 4) is 0 Å². The highest BCUT2D eigenvalue weighted by molar-refractivity contribution is 14.0. The van der Waals surface area contributed by atoms with Crippen LogP contribution in [0.4, 0.5) is 5.69 Å².